The summed E-state index contributed by atoms with van der Waals surface area (Å²) in [6, 6.07) is 7.75. The van der Waals surface area contributed by atoms with E-state index in [2.05, 4.69) is 0 Å². The average molecular weight is 525 g/mol. The highest BCUT2D eigenvalue weighted by Crippen LogP contribution is 2.30. The summed E-state index contributed by atoms with van der Waals surface area (Å²) in [4.78, 5) is 28.2. The number of phenolic OH excluding ortho intramolecular Hbond substituents is 2. The molecule has 2 aliphatic rings. The average Bonchev–Trinajstić information content (AvgIpc) is 2.92. The van der Waals surface area contributed by atoms with Crippen LogP contribution < -0.4 is 0 Å². The summed E-state index contributed by atoms with van der Waals surface area (Å²) in [5.74, 6) is -0.651. The molecule has 37 heavy (non-hydrogen) atoms. The molecule has 0 saturated carbocycles. The first-order chi connectivity index (χ1) is 17.8. The van der Waals surface area contributed by atoms with Crippen molar-refractivity contribution < 1.29 is 28.2 Å². The molecule has 2 aromatic carbocycles. The van der Waals surface area contributed by atoms with Crippen LogP contribution in [0.3, 0.4) is 0 Å². The predicted octanol–water partition coefficient (Wildman–Crippen LogP) is 3.98. The third kappa shape index (κ3) is 6.40. The highest BCUT2D eigenvalue weighted by Gasteiger charge is 2.21. The summed E-state index contributed by atoms with van der Waals surface area (Å²) in [5.41, 5.74) is 0.412. The molecule has 196 valence electrons. The molecule has 2 heterocycles. The van der Waals surface area contributed by atoms with Crippen molar-refractivity contribution in [1.29, 1.82) is 0 Å². The number of carbonyl (C=O) groups is 2. The molecule has 2 N–H and O–H groups in total. The Balaban J connectivity index is 1.55. The minimum Gasteiger partial charge on any atom is -0.507 e. The summed E-state index contributed by atoms with van der Waals surface area (Å²) in [7, 11) is -4.02. The Morgan fingerprint density at radius 2 is 1.03 bits per heavy atom. The van der Waals surface area contributed by atoms with Crippen molar-refractivity contribution in [2.75, 3.05) is 26.2 Å². The van der Waals surface area contributed by atoms with E-state index in [-0.39, 0.29) is 44.2 Å². The van der Waals surface area contributed by atoms with Gasteiger partial charge in [-0.2, -0.15) is 0 Å². The largest absolute Gasteiger partial charge is 0.507 e. The van der Waals surface area contributed by atoms with E-state index in [4.69, 9.17) is 0 Å². The van der Waals surface area contributed by atoms with Gasteiger partial charge in [0.2, 0.25) is 21.7 Å². The van der Waals surface area contributed by atoms with Gasteiger partial charge in [0.05, 0.1) is 9.79 Å². The fraction of sp³-hybridized carbons (Fsp3) is 0.357. The van der Waals surface area contributed by atoms with Gasteiger partial charge in [-0.3, -0.25) is 9.59 Å². The fourth-order valence-corrected chi connectivity index (χ4v) is 5.89. The number of benzene rings is 2. The van der Waals surface area contributed by atoms with Gasteiger partial charge in [-0.15, -0.1) is 0 Å². The number of amides is 2. The molecule has 0 unspecified atom stereocenters. The third-order valence-electron chi connectivity index (χ3n) is 6.77. The van der Waals surface area contributed by atoms with Gasteiger partial charge >= 0.3 is 0 Å². The number of sulfone groups is 1. The SMILES string of the molecule is O=C(C=Cc1cc(S(=O)(=O)c2ccc(O)c(C=CC(=O)N3CCCCC3)c2)ccc1O)N1CCCCC1. The topological polar surface area (TPSA) is 115 Å². The number of carbonyl (C=O) groups excluding carboxylic acids is 2. The normalized spacial score (nSPS) is 17.0. The second kappa shape index (κ2) is 11.6. The lowest BCUT2D eigenvalue weighted by Gasteiger charge is -2.25. The summed E-state index contributed by atoms with van der Waals surface area (Å²) < 4.78 is 26.7. The highest BCUT2D eigenvalue weighted by atomic mass is 32.2. The van der Waals surface area contributed by atoms with Crippen molar-refractivity contribution >= 4 is 33.8 Å². The van der Waals surface area contributed by atoms with Gasteiger partial charge in [0, 0.05) is 49.5 Å². The molecule has 2 amide bonds. The molecule has 2 saturated heterocycles. The van der Waals surface area contributed by atoms with Gasteiger partial charge in [0.15, 0.2) is 0 Å². The van der Waals surface area contributed by atoms with Crippen LogP contribution in [0, 0.1) is 0 Å². The Morgan fingerprint density at radius 1 is 0.649 bits per heavy atom. The van der Waals surface area contributed by atoms with Crippen LogP contribution in [0.2, 0.25) is 0 Å². The van der Waals surface area contributed by atoms with Gasteiger partial charge in [-0.1, -0.05) is 0 Å². The molecule has 2 aromatic rings. The zero-order valence-corrected chi connectivity index (χ0v) is 21.5. The minimum atomic E-state index is -4.02. The zero-order valence-electron chi connectivity index (χ0n) is 20.7. The van der Waals surface area contributed by atoms with Crippen LogP contribution in [-0.2, 0) is 19.4 Å². The van der Waals surface area contributed by atoms with Crippen LogP contribution in [0.4, 0.5) is 0 Å². The first kappa shape index (κ1) is 26.5. The summed E-state index contributed by atoms with van der Waals surface area (Å²) in [6.07, 6.45) is 11.5. The van der Waals surface area contributed by atoms with Crippen molar-refractivity contribution in [3.8, 4) is 11.5 Å². The molecule has 0 atom stereocenters. The zero-order chi connectivity index (χ0) is 26.4. The number of aromatic hydroxyl groups is 2. The lowest BCUT2D eigenvalue weighted by molar-refractivity contribution is -0.127. The number of rotatable bonds is 6. The number of phenols is 2. The number of nitrogens with zero attached hydrogens (tertiary/aromatic N) is 2. The maximum Gasteiger partial charge on any atom is 0.246 e. The Kier molecular flexibility index (Phi) is 8.33. The molecule has 0 radical (unpaired) electrons. The van der Waals surface area contributed by atoms with Crippen molar-refractivity contribution in [2.24, 2.45) is 0 Å². The van der Waals surface area contributed by atoms with E-state index in [0.717, 1.165) is 38.5 Å². The van der Waals surface area contributed by atoms with E-state index < -0.39 is 9.84 Å². The van der Waals surface area contributed by atoms with Crippen molar-refractivity contribution in [2.45, 2.75) is 48.3 Å². The maximum atomic E-state index is 13.4. The van der Waals surface area contributed by atoms with E-state index in [9.17, 15) is 28.2 Å². The Morgan fingerprint density at radius 3 is 1.41 bits per heavy atom. The molecule has 0 spiro atoms. The molecular formula is C28H32N2O6S. The Labute approximate surface area is 217 Å². The number of likely N-dealkylation sites (tertiary alicyclic amines) is 2. The van der Waals surface area contributed by atoms with E-state index in [1.807, 2.05) is 0 Å². The summed E-state index contributed by atoms with van der Waals surface area (Å²) >= 11 is 0. The van der Waals surface area contributed by atoms with Crippen LogP contribution in [-0.4, -0.2) is 66.4 Å². The molecule has 4 rings (SSSR count). The van der Waals surface area contributed by atoms with Gasteiger partial charge in [0.25, 0.3) is 0 Å². The van der Waals surface area contributed by atoms with Gasteiger partial charge < -0.3 is 20.0 Å². The van der Waals surface area contributed by atoms with E-state index >= 15 is 0 Å². The number of piperidine rings is 2. The van der Waals surface area contributed by atoms with Gasteiger partial charge in [-0.25, -0.2) is 8.42 Å². The number of hydrogen-bond acceptors (Lipinski definition) is 6. The molecular weight excluding hydrogens is 492 g/mol. The van der Waals surface area contributed by atoms with Crippen LogP contribution in [0.25, 0.3) is 12.2 Å². The quantitative estimate of drug-likeness (QED) is 0.553. The maximum absolute atomic E-state index is 13.4. The summed E-state index contributed by atoms with van der Waals surface area (Å²) in [5, 5.41) is 20.5. The van der Waals surface area contributed by atoms with Crippen molar-refractivity contribution in [1.82, 2.24) is 9.80 Å². The highest BCUT2D eigenvalue weighted by molar-refractivity contribution is 7.91. The Bertz CT molecular complexity index is 1220. The van der Waals surface area contributed by atoms with E-state index in [1.165, 1.54) is 60.7 Å². The second-order valence-electron chi connectivity index (χ2n) is 9.38. The lowest BCUT2D eigenvalue weighted by atomic mass is 10.1. The Hall–Kier alpha value is -3.59. The summed E-state index contributed by atoms with van der Waals surface area (Å²) in [6.45, 7) is 2.74. The first-order valence-corrected chi connectivity index (χ1v) is 14.1. The number of hydrogen-bond donors (Lipinski definition) is 2. The van der Waals surface area contributed by atoms with Crippen LogP contribution in [0.1, 0.15) is 49.7 Å². The predicted molar refractivity (Wildman–Crippen MR) is 141 cm³/mol. The molecule has 0 bridgehead atoms. The standard InChI is InChI=1S/C28H32N2O6S/c31-25-11-9-23(19-21(25)7-13-27(33)29-15-3-1-4-16-29)37(35,36)24-10-12-26(32)22(20-24)8-14-28(34)30-17-5-2-6-18-30/h7-14,19-20,31-32H,1-6,15-18H2. The smallest absolute Gasteiger partial charge is 0.246 e. The monoisotopic (exact) mass is 524 g/mol. The van der Waals surface area contributed by atoms with Crippen LogP contribution in [0.5, 0.6) is 11.5 Å². The van der Waals surface area contributed by atoms with Crippen molar-refractivity contribution in [3.63, 3.8) is 0 Å². The van der Waals surface area contributed by atoms with Crippen molar-refractivity contribution in [3.05, 3.63) is 59.7 Å². The molecule has 8 nitrogen and oxygen atoms in total. The van der Waals surface area contributed by atoms with Crippen LogP contribution in [0.15, 0.2) is 58.3 Å². The van der Waals surface area contributed by atoms with Crippen LogP contribution >= 0.6 is 0 Å². The van der Waals surface area contributed by atoms with Gasteiger partial charge in [0.1, 0.15) is 11.5 Å². The molecule has 0 aromatic heterocycles. The molecule has 9 heteroatoms. The fourth-order valence-electron chi connectivity index (χ4n) is 4.56. The molecule has 2 fully saturated rings. The lowest BCUT2D eigenvalue weighted by Crippen LogP contribution is -2.34. The van der Waals surface area contributed by atoms with E-state index in [0.29, 0.717) is 26.2 Å². The van der Waals surface area contributed by atoms with Gasteiger partial charge in [-0.05, 0) is 87.1 Å². The first-order valence-electron chi connectivity index (χ1n) is 12.6. The molecule has 2 aliphatic heterocycles. The third-order valence-corrected chi connectivity index (χ3v) is 8.51. The minimum absolute atomic E-state index is 0.0691. The second-order valence-corrected chi connectivity index (χ2v) is 11.3. The van der Waals surface area contributed by atoms with E-state index in [1.54, 1.807) is 9.80 Å². The molecule has 0 aliphatic carbocycles.